The molecule has 0 fully saturated rings. The van der Waals surface area contributed by atoms with Crippen LogP contribution >= 0.6 is 0 Å². The van der Waals surface area contributed by atoms with Crippen molar-refractivity contribution < 1.29 is 19.4 Å². The SMILES string of the molecule is CC(C)(OC(=O)N[C@@H](Cc1cnc[nH]1)C(=O)O)c1ccc(N=Nc2ccccc2)cc1. The van der Waals surface area contributed by atoms with Gasteiger partial charge in [0.1, 0.15) is 11.6 Å². The molecule has 3 rings (SSSR count). The summed E-state index contributed by atoms with van der Waals surface area (Å²) in [5.74, 6) is -1.17. The van der Waals surface area contributed by atoms with Gasteiger partial charge in [-0.3, -0.25) is 0 Å². The third-order valence-electron chi connectivity index (χ3n) is 4.52. The third-order valence-corrected chi connectivity index (χ3v) is 4.52. The summed E-state index contributed by atoms with van der Waals surface area (Å²) in [6, 6.07) is 15.3. The van der Waals surface area contributed by atoms with Crippen molar-refractivity contribution in [3.8, 4) is 0 Å². The summed E-state index contributed by atoms with van der Waals surface area (Å²) in [7, 11) is 0. The lowest BCUT2D eigenvalue weighted by molar-refractivity contribution is -0.139. The Labute approximate surface area is 179 Å². The number of alkyl carbamates (subject to hydrolysis) is 1. The summed E-state index contributed by atoms with van der Waals surface area (Å²) in [5, 5.41) is 20.1. The summed E-state index contributed by atoms with van der Waals surface area (Å²) in [6.45, 7) is 3.44. The summed E-state index contributed by atoms with van der Waals surface area (Å²) >= 11 is 0. The Balaban J connectivity index is 1.61. The van der Waals surface area contributed by atoms with Crippen molar-refractivity contribution in [3.63, 3.8) is 0 Å². The molecule has 160 valence electrons. The van der Waals surface area contributed by atoms with Gasteiger partial charge in [-0.25, -0.2) is 14.6 Å². The monoisotopic (exact) mass is 421 g/mol. The first-order chi connectivity index (χ1) is 14.8. The normalized spacial score (nSPS) is 12.5. The molecule has 0 aliphatic heterocycles. The molecule has 1 amide bonds. The fourth-order valence-electron chi connectivity index (χ4n) is 2.82. The smallest absolute Gasteiger partial charge is 0.408 e. The van der Waals surface area contributed by atoms with E-state index in [9.17, 15) is 14.7 Å². The van der Waals surface area contributed by atoms with Crippen molar-refractivity contribution in [3.05, 3.63) is 78.4 Å². The second-order valence-electron chi connectivity index (χ2n) is 7.30. The van der Waals surface area contributed by atoms with Crippen molar-refractivity contribution in [2.24, 2.45) is 10.2 Å². The number of carbonyl (C=O) groups is 2. The van der Waals surface area contributed by atoms with Crippen molar-refractivity contribution in [2.75, 3.05) is 0 Å². The number of imidazole rings is 1. The first-order valence-corrected chi connectivity index (χ1v) is 9.60. The van der Waals surface area contributed by atoms with Crippen LogP contribution in [-0.2, 0) is 21.6 Å². The molecule has 0 aliphatic rings. The number of benzene rings is 2. The lowest BCUT2D eigenvalue weighted by Crippen LogP contribution is -2.44. The highest BCUT2D eigenvalue weighted by molar-refractivity contribution is 5.80. The number of carboxylic acids is 1. The summed E-state index contributed by atoms with van der Waals surface area (Å²) < 4.78 is 5.50. The van der Waals surface area contributed by atoms with Crippen LogP contribution in [0.5, 0.6) is 0 Å². The van der Waals surface area contributed by atoms with Crippen LogP contribution in [0, 0.1) is 0 Å². The van der Waals surface area contributed by atoms with Crippen LogP contribution in [0.25, 0.3) is 0 Å². The molecule has 0 saturated carbocycles. The first kappa shape index (κ1) is 21.7. The Bertz CT molecular complexity index is 1030. The van der Waals surface area contributed by atoms with Gasteiger partial charge < -0.3 is 20.1 Å². The predicted molar refractivity (Wildman–Crippen MR) is 113 cm³/mol. The molecule has 1 heterocycles. The molecule has 0 bridgehead atoms. The van der Waals surface area contributed by atoms with Crippen LogP contribution in [-0.4, -0.2) is 33.2 Å². The first-order valence-electron chi connectivity index (χ1n) is 9.60. The highest BCUT2D eigenvalue weighted by atomic mass is 16.6. The van der Waals surface area contributed by atoms with E-state index >= 15 is 0 Å². The van der Waals surface area contributed by atoms with Gasteiger partial charge in [-0.05, 0) is 43.7 Å². The van der Waals surface area contributed by atoms with E-state index in [0.717, 1.165) is 11.3 Å². The maximum absolute atomic E-state index is 12.3. The minimum Gasteiger partial charge on any atom is -0.480 e. The number of hydrogen-bond donors (Lipinski definition) is 3. The zero-order chi connectivity index (χ0) is 22.3. The van der Waals surface area contributed by atoms with Crippen LogP contribution in [0.2, 0.25) is 0 Å². The van der Waals surface area contributed by atoms with Gasteiger partial charge >= 0.3 is 12.1 Å². The minimum absolute atomic E-state index is 0.0615. The van der Waals surface area contributed by atoms with Gasteiger partial charge in [0, 0.05) is 18.3 Å². The maximum atomic E-state index is 12.3. The fourth-order valence-corrected chi connectivity index (χ4v) is 2.82. The third kappa shape index (κ3) is 6.23. The summed E-state index contributed by atoms with van der Waals surface area (Å²) in [5.41, 5.74) is 1.72. The van der Waals surface area contributed by atoms with Crippen molar-refractivity contribution in [1.29, 1.82) is 0 Å². The number of H-pyrrole nitrogens is 1. The molecule has 0 aliphatic carbocycles. The lowest BCUT2D eigenvalue weighted by atomic mass is 9.98. The number of ether oxygens (including phenoxy) is 1. The minimum atomic E-state index is -1.17. The Hall–Kier alpha value is -4.01. The largest absolute Gasteiger partial charge is 0.480 e. The zero-order valence-electron chi connectivity index (χ0n) is 17.1. The average molecular weight is 421 g/mol. The van der Waals surface area contributed by atoms with E-state index in [0.29, 0.717) is 11.4 Å². The van der Waals surface area contributed by atoms with E-state index < -0.39 is 23.7 Å². The number of hydrogen-bond acceptors (Lipinski definition) is 6. The number of azo groups is 1. The van der Waals surface area contributed by atoms with Crippen LogP contribution in [0.1, 0.15) is 25.1 Å². The van der Waals surface area contributed by atoms with Gasteiger partial charge in [0.25, 0.3) is 0 Å². The molecule has 0 spiro atoms. The maximum Gasteiger partial charge on any atom is 0.408 e. The van der Waals surface area contributed by atoms with Gasteiger partial charge in [0.05, 0.1) is 17.7 Å². The van der Waals surface area contributed by atoms with Crippen molar-refractivity contribution in [1.82, 2.24) is 15.3 Å². The Morgan fingerprint density at radius 3 is 2.32 bits per heavy atom. The number of carbonyl (C=O) groups excluding carboxylic acids is 1. The molecule has 9 nitrogen and oxygen atoms in total. The molecule has 3 N–H and O–H groups in total. The molecular weight excluding hydrogens is 398 g/mol. The van der Waals surface area contributed by atoms with Gasteiger partial charge in [0.15, 0.2) is 0 Å². The van der Waals surface area contributed by atoms with E-state index in [-0.39, 0.29) is 6.42 Å². The predicted octanol–water partition coefficient (Wildman–Crippen LogP) is 4.48. The van der Waals surface area contributed by atoms with Crippen LogP contribution in [0.3, 0.4) is 0 Å². The number of aromatic amines is 1. The number of nitrogens with zero attached hydrogens (tertiary/aromatic N) is 3. The van der Waals surface area contributed by atoms with E-state index in [4.69, 9.17) is 4.74 Å². The number of nitrogens with one attached hydrogen (secondary N) is 2. The highest BCUT2D eigenvalue weighted by Crippen LogP contribution is 2.27. The molecule has 31 heavy (non-hydrogen) atoms. The van der Waals surface area contributed by atoms with Crippen LogP contribution < -0.4 is 5.32 Å². The Morgan fingerprint density at radius 2 is 1.74 bits per heavy atom. The number of amides is 1. The van der Waals surface area contributed by atoms with Crippen molar-refractivity contribution >= 4 is 23.4 Å². The second kappa shape index (κ2) is 9.66. The molecule has 2 aromatic carbocycles. The molecule has 3 aromatic rings. The van der Waals surface area contributed by atoms with Crippen LogP contribution in [0.4, 0.5) is 16.2 Å². The number of carboxylic acid groups (broad SMARTS) is 1. The second-order valence-corrected chi connectivity index (χ2v) is 7.30. The molecule has 0 unspecified atom stereocenters. The van der Waals surface area contributed by atoms with Gasteiger partial charge in [-0.15, -0.1) is 0 Å². The molecule has 0 radical (unpaired) electrons. The zero-order valence-corrected chi connectivity index (χ0v) is 17.1. The van der Waals surface area contributed by atoms with E-state index in [1.54, 1.807) is 38.1 Å². The highest BCUT2D eigenvalue weighted by Gasteiger charge is 2.28. The van der Waals surface area contributed by atoms with Crippen LogP contribution in [0.15, 0.2) is 77.3 Å². The lowest BCUT2D eigenvalue weighted by Gasteiger charge is -2.26. The van der Waals surface area contributed by atoms with Crippen molar-refractivity contribution in [2.45, 2.75) is 31.9 Å². The van der Waals surface area contributed by atoms with E-state index in [1.807, 2.05) is 30.3 Å². The number of aliphatic carboxylic acids is 1. The van der Waals surface area contributed by atoms with Gasteiger partial charge in [-0.1, -0.05) is 30.3 Å². The Morgan fingerprint density at radius 1 is 1.10 bits per heavy atom. The topological polar surface area (TPSA) is 129 Å². The molecule has 0 saturated heterocycles. The molecule has 1 atom stereocenters. The number of aromatic nitrogens is 2. The number of rotatable bonds is 8. The Kier molecular flexibility index (Phi) is 6.76. The van der Waals surface area contributed by atoms with E-state index in [2.05, 4.69) is 25.5 Å². The quantitative estimate of drug-likeness (QED) is 0.462. The van der Waals surface area contributed by atoms with Gasteiger partial charge in [0.2, 0.25) is 0 Å². The fraction of sp³-hybridized carbons (Fsp3) is 0.227. The molecule has 1 aromatic heterocycles. The summed E-state index contributed by atoms with van der Waals surface area (Å²) in [4.78, 5) is 30.5. The average Bonchev–Trinajstić information content (AvgIpc) is 3.25. The summed E-state index contributed by atoms with van der Waals surface area (Å²) in [6.07, 6.45) is 2.18. The molecular formula is C22H23N5O4. The van der Waals surface area contributed by atoms with E-state index in [1.165, 1.54) is 12.5 Å². The standard InChI is InChI=1S/C22H23N5O4/c1-22(2,31-21(30)25-19(20(28)29)12-18-13-23-14-24-18)15-8-10-17(11-9-15)27-26-16-6-4-3-5-7-16/h3-11,13-14,19H,12H2,1-2H3,(H,23,24)(H,25,30)(H,28,29)/t19-/m0/s1. The van der Waals surface area contributed by atoms with Gasteiger partial charge in [-0.2, -0.15) is 10.2 Å². The molecule has 9 heteroatoms.